The number of esters is 1. The summed E-state index contributed by atoms with van der Waals surface area (Å²) in [6.07, 6.45) is 3.53. The molecular formula is C17H22N2O2S2. The molecule has 1 N–H and O–H groups in total. The molecule has 0 spiro atoms. The van der Waals surface area contributed by atoms with Crippen molar-refractivity contribution in [1.29, 1.82) is 0 Å². The Hall–Kier alpha value is -1.66. The Morgan fingerprint density at radius 3 is 2.74 bits per heavy atom. The maximum Gasteiger partial charge on any atom is 0.332 e. The van der Waals surface area contributed by atoms with Crippen LogP contribution >= 0.6 is 23.6 Å². The number of thiazole rings is 1. The maximum atomic E-state index is 11.7. The molecule has 2 heterocycles. The first-order valence-corrected chi connectivity index (χ1v) is 8.83. The number of nitrogens with one attached hydrogen (secondary N) is 1. The summed E-state index contributed by atoms with van der Waals surface area (Å²) in [7, 11) is 0. The molecule has 6 heteroatoms. The topological polar surface area (TPSA) is 47.0 Å². The van der Waals surface area contributed by atoms with Gasteiger partial charge in [0.15, 0.2) is 3.95 Å². The number of aryl methyl sites for hydroxylation is 1. The number of hydrogen-bond donors (Lipinski definition) is 1. The fourth-order valence-corrected chi connectivity index (χ4v) is 3.90. The van der Waals surface area contributed by atoms with Crippen LogP contribution in [0, 0.1) is 17.8 Å². The van der Waals surface area contributed by atoms with Crippen molar-refractivity contribution in [1.82, 2.24) is 9.55 Å². The number of hydrogen-bond acceptors (Lipinski definition) is 4. The summed E-state index contributed by atoms with van der Waals surface area (Å²) >= 11 is 6.68. The minimum absolute atomic E-state index is 0.356. The second-order valence-corrected chi connectivity index (χ2v) is 7.34. The van der Waals surface area contributed by atoms with E-state index in [1.807, 2.05) is 0 Å². The molecule has 0 atom stereocenters. The van der Waals surface area contributed by atoms with Gasteiger partial charge >= 0.3 is 5.97 Å². The van der Waals surface area contributed by atoms with Crippen LogP contribution in [0.1, 0.15) is 43.8 Å². The zero-order chi connectivity index (χ0) is 17.1. The highest BCUT2D eigenvalue weighted by molar-refractivity contribution is 7.73. The third-order valence-corrected chi connectivity index (χ3v) is 4.78. The van der Waals surface area contributed by atoms with Gasteiger partial charge in [0, 0.05) is 23.5 Å². The van der Waals surface area contributed by atoms with E-state index in [9.17, 15) is 4.79 Å². The van der Waals surface area contributed by atoms with Gasteiger partial charge in [0.25, 0.3) is 0 Å². The van der Waals surface area contributed by atoms with Crippen molar-refractivity contribution in [3.63, 3.8) is 0 Å². The van der Waals surface area contributed by atoms with Crippen molar-refractivity contribution in [3.05, 3.63) is 36.9 Å². The Balaban J connectivity index is 2.60. The van der Waals surface area contributed by atoms with Crippen LogP contribution in [-0.2, 0) is 9.53 Å². The normalized spacial score (nSPS) is 13.1. The molecule has 2 aromatic heterocycles. The van der Waals surface area contributed by atoms with Crippen molar-refractivity contribution in [3.8, 4) is 0 Å². The van der Waals surface area contributed by atoms with E-state index in [0.717, 1.165) is 10.1 Å². The van der Waals surface area contributed by atoms with Crippen LogP contribution in [0.25, 0.3) is 12.2 Å². The van der Waals surface area contributed by atoms with Crippen molar-refractivity contribution < 1.29 is 9.53 Å². The van der Waals surface area contributed by atoms with E-state index in [1.54, 1.807) is 6.92 Å². The fourth-order valence-electron chi connectivity index (χ4n) is 2.75. The minimum Gasteiger partial charge on any atom is -0.463 e. The van der Waals surface area contributed by atoms with Crippen LogP contribution in [0.2, 0.25) is 0 Å². The number of aromatic amines is 1. The van der Waals surface area contributed by atoms with Gasteiger partial charge in [-0.3, -0.25) is 0 Å². The van der Waals surface area contributed by atoms with Crippen molar-refractivity contribution >= 4 is 41.7 Å². The monoisotopic (exact) mass is 350 g/mol. The Morgan fingerprint density at radius 2 is 2.17 bits per heavy atom. The number of H-pyrrole nitrogens is 1. The molecular weight excluding hydrogens is 328 g/mol. The van der Waals surface area contributed by atoms with E-state index in [-0.39, 0.29) is 5.97 Å². The lowest BCUT2D eigenvalue weighted by molar-refractivity contribution is -0.135. The first-order chi connectivity index (χ1) is 10.8. The molecule has 124 valence electrons. The number of rotatable bonds is 4. The summed E-state index contributed by atoms with van der Waals surface area (Å²) in [5.74, 6) is -0.362. The number of ether oxygens (including phenoxy) is 1. The molecule has 0 saturated carbocycles. The molecule has 0 radical (unpaired) electrons. The van der Waals surface area contributed by atoms with E-state index in [2.05, 4.69) is 49.4 Å². The number of carbonyl (C=O) groups excluding carboxylic acids is 1. The van der Waals surface area contributed by atoms with Crippen LogP contribution in [0.5, 0.6) is 0 Å². The van der Waals surface area contributed by atoms with E-state index in [0.29, 0.717) is 22.0 Å². The third kappa shape index (κ3) is 4.00. The molecule has 0 unspecified atom stereocenters. The van der Waals surface area contributed by atoms with Crippen LogP contribution < -0.4 is 9.88 Å². The minimum atomic E-state index is -0.362. The average Bonchev–Trinajstić information content (AvgIpc) is 2.90. The molecule has 0 aliphatic heterocycles. The molecule has 0 aliphatic rings. The Bertz CT molecular complexity index is 885. The zero-order valence-corrected chi connectivity index (χ0v) is 15.7. The predicted octanol–water partition coefficient (Wildman–Crippen LogP) is 2.98. The lowest BCUT2D eigenvalue weighted by Gasteiger charge is -2.13. The van der Waals surface area contributed by atoms with Crippen LogP contribution in [0.15, 0.2) is 6.07 Å². The van der Waals surface area contributed by atoms with Gasteiger partial charge in [-0.25, -0.2) is 4.79 Å². The van der Waals surface area contributed by atoms with Crippen molar-refractivity contribution in [2.24, 2.45) is 0 Å². The molecule has 0 fully saturated rings. The zero-order valence-electron chi connectivity index (χ0n) is 14.1. The molecule has 23 heavy (non-hydrogen) atoms. The first kappa shape index (κ1) is 17.7. The van der Waals surface area contributed by atoms with Gasteiger partial charge in [0.05, 0.1) is 16.5 Å². The van der Waals surface area contributed by atoms with Gasteiger partial charge in [-0.05, 0) is 64.5 Å². The summed E-state index contributed by atoms with van der Waals surface area (Å²) in [6, 6.07) is 2.57. The molecule has 0 aromatic carbocycles. The number of aromatic nitrogens is 2. The van der Waals surface area contributed by atoms with E-state index in [1.165, 1.54) is 28.8 Å². The van der Waals surface area contributed by atoms with E-state index < -0.39 is 0 Å². The van der Waals surface area contributed by atoms with Gasteiger partial charge < -0.3 is 14.3 Å². The lowest BCUT2D eigenvalue weighted by atomic mass is 10.2. The summed E-state index contributed by atoms with van der Waals surface area (Å²) in [6.45, 7) is 10.7. The van der Waals surface area contributed by atoms with E-state index in [4.69, 9.17) is 17.0 Å². The standard InChI is InChI=1S/C17H22N2O2S2/c1-6-21-16(20)9-14-15(23-17(22)18-14)8-13-7-11(4)19(10(2)3)12(13)5/h7-10H,6H2,1-5H3,(H,18,22)/b14-9-,15-8-. The summed E-state index contributed by atoms with van der Waals surface area (Å²) < 4.78 is 8.86. The highest BCUT2D eigenvalue weighted by Gasteiger charge is 2.10. The van der Waals surface area contributed by atoms with Gasteiger partial charge in [0.2, 0.25) is 0 Å². The average molecular weight is 351 g/mol. The lowest BCUT2D eigenvalue weighted by Crippen LogP contribution is -2.23. The Labute approximate surface area is 145 Å². The Kier molecular flexibility index (Phi) is 5.59. The highest BCUT2D eigenvalue weighted by Crippen LogP contribution is 2.20. The van der Waals surface area contributed by atoms with Crippen molar-refractivity contribution in [2.75, 3.05) is 6.61 Å². The first-order valence-electron chi connectivity index (χ1n) is 7.61. The molecule has 0 bridgehead atoms. The summed E-state index contributed by atoms with van der Waals surface area (Å²) in [4.78, 5) is 14.8. The second kappa shape index (κ2) is 7.27. The highest BCUT2D eigenvalue weighted by atomic mass is 32.1. The van der Waals surface area contributed by atoms with Gasteiger partial charge in [-0.15, -0.1) is 11.3 Å². The maximum absolute atomic E-state index is 11.7. The van der Waals surface area contributed by atoms with Crippen LogP contribution in [-0.4, -0.2) is 22.1 Å². The molecule has 0 saturated heterocycles. The second-order valence-electron chi connectivity index (χ2n) is 5.62. The molecule has 0 aliphatic carbocycles. The van der Waals surface area contributed by atoms with Gasteiger partial charge in [-0.2, -0.15) is 0 Å². The SMILES string of the molecule is CCOC(=O)/C=c1\[nH]c(=S)s\c1=C/c1cc(C)n(C(C)C)c1C. The predicted molar refractivity (Wildman–Crippen MR) is 97.7 cm³/mol. The Morgan fingerprint density at radius 1 is 1.48 bits per heavy atom. The number of carbonyl (C=O) groups is 1. The summed E-state index contributed by atoms with van der Waals surface area (Å²) in [5.41, 5.74) is 3.57. The van der Waals surface area contributed by atoms with Gasteiger partial charge in [-0.1, -0.05) is 0 Å². The van der Waals surface area contributed by atoms with Crippen LogP contribution in [0.3, 0.4) is 0 Å². The molecule has 0 amide bonds. The molecule has 4 nitrogen and oxygen atoms in total. The van der Waals surface area contributed by atoms with Gasteiger partial charge in [0.1, 0.15) is 0 Å². The van der Waals surface area contributed by atoms with Crippen molar-refractivity contribution in [2.45, 2.75) is 40.7 Å². The molecule has 2 rings (SSSR count). The quantitative estimate of drug-likeness (QED) is 0.681. The largest absolute Gasteiger partial charge is 0.463 e. The van der Waals surface area contributed by atoms with E-state index >= 15 is 0 Å². The summed E-state index contributed by atoms with van der Waals surface area (Å²) in [5, 5.41) is 0.702. The van der Waals surface area contributed by atoms with Crippen LogP contribution in [0.4, 0.5) is 0 Å². The fraction of sp³-hybridized carbons (Fsp3) is 0.412. The number of nitrogens with zero attached hydrogens (tertiary/aromatic N) is 1. The third-order valence-electron chi connectivity index (χ3n) is 3.58. The smallest absolute Gasteiger partial charge is 0.332 e. The molecule has 2 aromatic rings.